The van der Waals surface area contributed by atoms with Crippen LogP contribution in [0.1, 0.15) is 13.8 Å². The van der Waals surface area contributed by atoms with Gasteiger partial charge in [-0.2, -0.15) is 0 Å². The normalized spacial score (nSPS) is 10.1. The number of allylic oxidation sites excluding steroid dienone is 3. The molecular formula is C9H11Cl. The molecule has 0 aliphatic rings. The van der Waals surface area contributed by atoms with Gasteiger partial charge in [0.25, 0.3) is 0 Å². The van der Waals surface area contributed by atoms with Crippen LogP contribution in [0.3, 0.4) is 0 Å². The van der Waals surface area contributed by atoms with Gasteiger partial charge in [-0.3, -0.25) is 0 Å². The van der Waals surface area contributed by atoms with Crippen molar-refractivity contribution in [2.75, 3.05) is 5.88 Å². The van der Waals surface area contributed by atoms with E-state index in [0.29, 0.717) is 5.88 Å². The van der Waals surface area contributed by atoms with Gasteiger partial charge in [0.1, 0.15) is 0 Å². The third-order valence-electron chi connectivity index (χ3n) is 0.815. The van der Waals surface area contributed by atoms with Gasteiger partial charge < -0.3 is 0 Å². The molecule has 0 fully saturated rings. The molecule has 0 rings (SSSR count). The molecule has 0 atom stereocenters. The lowest BCUT2D eigenvalue weighted by molar-refractivity contribution is 1.41. The second-order valence-corrected chi connectivity index (χ2v) is 2.44. The number of halogens is 1. The molecule has 0 heterocycles. The van der Waals surface area contributed by atoms with Gasteiger partial charge in [-0.15, -0.1) is 11.6 Å². The molecule has 0 aromatic heterocycles. The number of hydrogen-bond donors (Lipinski definition) is 0. The van der Waals surface area contributed by atoms with Gasteiger partial charge in [0.15, 0.2) is 0 Å². The summed E-state index contributed by atoms with van der Waals surface area (Å²) in [4.78, 5) is 0. The van der Waals surface area contributed by atoms with E-state index in [0.717, 1.165) is 11.1 Å². The summed E-state index contributed by atoms with van der Waals surface area (Å²) < 4.78 is 0. The highest BCUT2D eigenvalue weighted by Crippen LogP contribution is 1.93. The van der Waals surface area contributed by atoms with Crippen LogP contribution in [-0.2, 0) is 0 Å². The molecule has 0 aliphatic heterocycles. The fourth-order valence-corrected chi connectivity index (χ4v) is 0.398. The maximum Gasteiger partial charge on any atom is 0.0440 e. The number of alkyl halides is 1. The SMILES string of the molecule is C=C(C)C#C/C=C(\C)CCl. The average molecular weight is 155 g/mol. The summed E-state index contributed by atoms with van der Waals surface area (Å²) in [5, 5.41) is 0. The molecule has 54 valence electrons. The van der Waals surface area contributed by atoms with E-state index in [9.17, 15) is 0 Å². The van der Waals surface area contributed by atoms with Gasteiger partial charge in [-0.25, -0.2) is 0 Å². The van der Waals surface area contributed by atoms with Crippen molar-refractivity contribution in [3.05, 3.63) is 23.8 Å². The van der Waals surface area contributed by atoms with E-state index < -0.39 is 0 Å². The minimum absolute atomic E-state index is 0.546. The van der Waals surface area contributed by atoms with E-state index in [2.05, 4.69) is 18.4 Å². The van der Waals surface area contributed by atoms with Crippen LogP contribution in [0.15, 0.2) is 23.8 Å². The van der Waals surface area contributed by atoms with Crippen molar-refractivity contribution < 1.29 is 0 Å². The van der Waals surface area contributed by atoms with E-state index in [1.165, 1.54) is 0 Å². The van der Waals surface area contributed by atoms with Crippen molar-refractivity contribution in [1.82, 2.24) is 0 Å². The predicted molar refractivity (Wildman–Crippen MR) is 47.1 cm³/mol. The first-order valence-corrected chi connectivity index (χ1v) is 3.59. The van der Waals surface area contributed by atoms with E-state index in [1.54, 1.807) is 0 Å². The summed E-state index contributed by atoms with van der Waals surface area (Å²) >= 11 is 5.51. The van der Waals surface area contributed by atoms with Crippen molar-refractivity contribution >= 4 is 11.6 Å². The van der Waals surface area contributed by atoms with E-state index in [1.807, 2.05) is 19.9 Å². The van der Waals surface area contributed by atoms with Crippen molar-refractivity contribution in [3.63, 3.8) is 0 Å². The minimum Gasteiger partial charge on any atom is -0.122 e. The molecule has 1 heteroatoms. The standard InChI is InChI=1S/C9H11Cl/c1-8(2)5-4-6-9(3)7-10/h6H,1,7H2,2-3H3/b9-6+. The maximum atomic E-state index is 5.51. The van der Waals surface area contributed by atoms with Crippen LogP contribution < -0.4 is 0 Å². The number of hydrogen-bond acceptors (Lipinski definition) is 0. The fraction of sp³-hybridized carbons (Fsp3) is 0.333. The summed E-state index contributed by atoms with van der Waals surface area (Å²) in [6, 6.07) is 0. The molecule has 0 unspecified atom stereocenters. The summed E-state index contributed by atoms with van der Waals surface area (Å²) in [6.07, 6.45) is 1.81. The Kier molecular flexibility index (Phi) is 4.80. The first-order valence-electron chi connectivity index (χ1n) is 3.05. The van der Waals surface area contributed by atoms with Crippen molar-refractivity contribution in [2.24, 2.45) is 0 Å². The highest BCUT2D eigenvalue weighted by molar-refractivity contribution is 6.19. The first kappa shape index (κ1) is 9.33. The zero-order chi connectivity index (χ0) is 7.98. The Bertz CT molecular complexity index is 201. The summed E-state index contributed by atoms with van der Waals surface area (Å²) in [5.74, 6) is 6.22. The number of rotatable bonds is 1. The van der Waals surface area contributed by atoms with Gasteiger partial charge >= 0.3 is 0 Å². The average Bonchev–Trinajstić information content (AvgIpc) is 1.87. The quantitative estimate of drug-likeness (QED) is 0.403. The third-order valence-corrected chi connectivity index (χ3v) is 1.24. The highest BCUT2D eigenvalue weighted by atomic mass is 35.5. The molecule has 0 spiro atoms. The molecule has 0 saturated carbocycles. The van der Waals surface area contributed by atoms with Gasteiger partial charge in [-0.05, 0) is 25.5 Å². The second-order valence-electron chi connectivity index (χ2n) is 2.17. The van der Waals surface area contributed by atoms with E-state index in [-0.39, 0.29) is 0 Å². The van der Waals surface area contributed by atoms with Crippen LogP contribution >= 0.6 is 11.6 Å². The minimum atomic E-state index is 0.546. The van der Waals surface area contributed by atoms with Crippen LogP contribution in [0.5, 0.6) is 0 Å². The first-order chi connectivity index (χ1) is 4.66. The molecule has 0 nitrogen and oxygen atoms in total. The van der Waals surface area contributed by atoms with Crippen molar-refractivity contribution in [1.29, 1.82) is 0 Å². The van der Waals surface area contributed by atoms with Crippen LogP contribution in [0.25, 0.3) is 0 Å². The molecule has 0 amide bonds. The Balaban J connectivity index is 3.97. The zero-order valence-electron chi connectivity index (χ0n) is 6.37. The molecule has 0 aliphatic carbocycles. The van der Waals surface area contributed by atoms with E-state index >= 15 is 0 Å². The molecular weight excluding hydrogens is 144 g/mol. The van der Waals surface area contributed by atoms with Crippen molar-refractivity contribution in [3.8, 4) is 11.8 Å². The second kappa shape index (κ2) is 5.14. The largest absolute Gasteiger partial charge is 0.122 e. The van der Waals surface area contributed by atoms with Gasteiger partial charge in [-0.1, -0.05) is 24.0 Å². The van der Waals surface area contributed by atoms with Crippen LogP contribution in [0.2, 0.25) is 0 Å². The summed E-state index contributed by atoms with van der Waals surface area (Å²) in [6.45, 7) is 7.46. The zero-order valence-corrected chi connectivity index (χ0v) is 7.13. The van der Waals surface area contributed by atoms with Crippen LogP contribution in [0, 0.1) is 11.8 Å². The topological polar surface area (TPSA) is 0 Å². The molecule has 0 N–H and O–H groups in total. The summed E-state index contributed by atoms with van der Waals surface area (Å²) in [7, 11) is 0. The summed E-state index contributed by atoms with van der Waals surface area (Å²) in [5.41, 5.74) is 1.95. The van der Waals surface area contributed by atoms with Gasteiger partial charge in [0.2, 0.25) is 0 Å². The Hall–Kier alpha value is -0.670. The Morgan fingerprint density at radius 3 is 2.60 bits per heavy atom. The van der Waals surface area contributed by atoms with Gasteiger partial charge in [0.05, 0.1) is 0 Å². The molecule has 10 heavy (non-hydrogen) atoms. The van der Waals surface area contributed by atoms with Crippen molar-refractivity contribution in [2.45, 2.75) is 13.8 Å². The smallest absolute Gasteiger partial charge is 0.0440 e. The monoisotopic (exact) mass is 154 g/mol. The molecule has 0 aromatic carbocycles. The molecule has 0 aromatic rings. The highest BCUT2D eigenvalue weighted by Gasteiger charge is 1.78. The molecule has 0 bridgehead atoms. The maximum absolute atomic E-state index is 5.51. The van der Waals surface area contributed by atoms with E-state index in [4.69, 9.17) is 11.6 Å². The Morgan fingerprint density at radius 1 is 1.60 bits per heavy atom. The Morgan fingerprint density at radius 2 is 2.20 bits per heavy atom. The molecule has 0 saturated heterocycles. The lowest BCUT2D eigenvalue weighted by Gasteiger charge is -1.84. The van der Waals surface area contributed by atoms with Crippen LogP contribution in [0.4, 0.5) is 0 Å². The van der Waals surface area contributed by atoms with Crippen LogP contribution in [-0.4, -0.2) is 5.88 Å². The lowest BCUT2D eigenvalue weighted by atomic mass is 10.3. The Labute approximate surface area is 67.6 Å². The third kappa shape index (κ3) is 5.47. The molecule has 0 radical (unpaired) electrons. The van der Waals surface area contributed by atoms with Gasteiger partial charge in [0, 0.05) is 5.88 Å². The fourth-order valence-electron chi connectivity index (χ4n) is 0.321. The predicted octanol–water partition coefficient (Wildman–Crippen LogP) is 2.75. The lowest BCUT2D eigenvalue weighted by Crippen LogP contribution is -1.73.